The maximum atomic E-state index is 14.4. The molecule has 0 spiro atoms. The van der Waals surface area contributed by atoms with Crippen LogP contribution in [-0.2, 0) is 6.54 Å². The van der Waals surface area contributed by atoms with Gasteiger partial charge in [-0.05, 0) is 35.9 Å². The number of aromatic nitrogens is 2. The molecule has 0 saturated heterocycles. The minimum atomic E-state index is -5.12. The molecule has 0 unspecified atom stereocenters. The van der Waals surface area contributed by atoms with Crippen molar-refractivity contribution in [3.05, 3.63) is 93.7 Å². The fraction of sp³-hybridized carbons (Fsp3) is 0.190. The molecule has 3 aromatic rings. The van der Waals surface area contributed by atoms with Crippen molar-refractivity contribution in [3.63, 3.8) is 0 Å². The molecule has 1 atom stereocenters. The molecule has 2 N–H and O–H groups in total. The Morgan fingerprint density at radius 1 is 1.15 bits per heavy atom. The van der Waals surface area contributed by atoms with Gasteiger partial charge in [0.1, 0.15) is 11.5 Å². The standard InChI is InChI=1S/C21H16F5N3O4/c22-14-2-1-7-27-19(14)18(12-3-5-16(15(23)10-12)33-21(24,25)26)28-20(32)13-4-6-17(31)29(11-13)8-9-30/h1-7,10-11,18,30H,8-9H2,(H,28,32)/t18-/m0/s1. The minimum absolute atomic E-state index is 0.0399. The third-order valence-electron chi connectivity index (χ3n) is 4.44. The monoisotopic (exact) mass is 469 g/mol. The van der Waals surface area contributed by atoms with Gasteiger partial charge in [-0.1, -0.05) is 6.07 Å². The van der Waals surface area contributed by atoms with E-state index >= 15 is 0 Å². The summed E-state index contributed by atoms with van der Waals surface area (Å²) in [5.41, 5.74) is -0.952. The first-order valence-electron chi connectivity index (χ1n) is 9.37. The van der Waals surface area contributed by atoms with Gasteiger partial charge in [0.2, 0.25) is 0 Å². The van der Waals surface area contributed by atoms with Gasteiger partial charge in [-0.2, -0.15) is 0 Å². The maximum Gasteiger partial charge on any atom is 0.573 e. The fourth-order valence-corrected chi connectivity index (χ4v) is 2.99. The lowest BCUT2D eigenvalue weighted by atomic mass is 10.0. The lowest BCUT2D eigenvalue weighted by Gasteiger charge is -2.20. The normalized spacial score (nSPS) is 12.3. The molecule has 174 valence electrons. The Labute approximate surface area is 183 Å². The Bertz CT molecular complexity index is 1210. The molecule has 0 radical (unpaired) electrons. The molecular weight excluding hydrogens is 453 g/mol. The number of amides is 1. The van der Waals surface area contributed by atoms with Crippen LogP contribution < -0.4 is 15.6 Å². The van der Waals surface area contributed by atoms with E-state index in [2.05, 4.69) is 15.0 Å². The van der Waals surface area contributed by atoms with E-state index in [1.165, 1.54) is 24.5 Å². The van der Waals surface area contributed by atoms with E-state index < -0.39 is 41.3 Å². The highest BCUT2D eigenvalue weighted by molar-refractivity contribution is 5.94. The summed E-state index contributed by atoms with van der Waals surface area (Å²) in [6, 6.07) is 5.58. The molecule has 7 nitrogen and oxygen atoms in total. The molecule has 33 heavy (non-hydrogen) atoms. The lowest BCUT2D eigenvalue weighted by Crippen LogP contribution is -2.32. The Hall–Kier alpha value is -3.80. The van der Waals surface area contributed by atoms with Gasteiger partial charge in [0, 0.05) is 25.0 Å². The second kappa shape index (κ2) is 9.77. The van der Waals surface area contributed by atoms with Gasteiger partial charge in [-0.15, -0.1) is 13.2 Å². The first-order valence-corrected chi connectivity index (χ1v) is 9.37. The van der Waals surface area contributed by atoms with Crippen LogP contribution in [0, 0.1) is 11.6 Å². The molecule has 1 amide bonds. The SMILES string of the molecule is O=C(N[C@@H](c1ccc(OC(F)(F)F)c(F)c1)c1ncccc1F)c1ccc(=O)n(CCO)c1. The van der Waals surface area contributed by atoms with Crippen molar-refractivity contribution in [3.8, 4) is 5.75 Å². The lowest BCUT2D eigenvalue weighted by molar-refractivity contribution is -0.275. The van der Waals surface area contributed by atoms with E-state index in [4.69, 9.17) is 5.11 Å². The van der Waals surface area contributed by atoms with Crippen LogP contribution in [-0.4, -0.2) is 33.5 Å². The molecule has 2 heterocycles. The van der Waals surface area contributed by atoms with Crippen molar-refractivity contribution < 1.29 is 36.6 Å². The Morgan fingerprint density at radius 3 is 2.55 bits per heavy atom. The number of hydrogen-bond acceptors (Lipinski definition) is 5. The summed E-state index contributed by atoms with van der Waals surface area (Å²) in [6.07, 6.45) is -2.74. The second-order valence-electron chi connectivity index (χ2n) is 6.69. The molecule has 0 aliphatic rings. The average molecular weight is 469 g/mol. The summed E-state index contributed by atoms with van der Waals surface area (Å²) in [5.74, 6) is -4.16. The number of benzene rings is 1. The fourth-order valence-electron chi connectivity index (χ4n) is 2.99. The number of pyridine rings is 2. The number of carbonyl (C=O) groups is 1. The van der Waals surface area contributed by atoms with Crippen LogP contribution >= 0.6 is 0 Å². The summed E-state index contributed by atoms with van der Waals surface area (Å²) < 4.78 is 70.7. The average Bonchev–Trinajstić information content (AvgIpc) is 2.75. The van der Waals surface area contributed by atoms with Gasteiger partial charge in [0.25, 0.3) is 11.5 Å². The molecule has 0 aliphatic carbocycles. The number of alkyl halides is 3. The van der Waals surface area contributed by atoms with Gasteiger partial charge >= 0.3 is 6.36 Å². The molecular formula is C21H16F5N3O4. The first kappa shape index (κ1) is 23.9. The molecule has 3 rings (SSSR count). The molecule has 1 aromatic carbocycles. The quantitative estimate of drug-likeness (QED) is 0.519. The zero-order valence-corrected chi connectivity index (χ0v) is 16.6. The van der Waals surface area contributed by atoms with E-state index in [-0.39, 0.29) is 30.0 Å². The number of ether oxygens (including phenoxy) is 1. The van der Waals surface area contributed by atoms with Crippen LogP contribution in [0.25, 0.3) is 0 Å². The third-order valence-corrected chi connectivity index (χ3v) is 4.44. The smallest absolute Gasteiger partial charge is 0.403 e. The van der Waals surface area contributed by atoms with Crippen LogP contribution in [0.15, 0.2) is 59.7 Å². The van der Waals surface area contributed by atoms with E-state index in [0.717, 1.165) is 22.8 Å². The highest BCUT2D eigenvalue weighted by Gasteiger charge is 2.33. The zero-order valence-electron chi connectivity index (χ0n) is 16.6. The van der Waals surface area contributed by atoms with Gasteiger partial charge in [-0.25, -0.2) is 8.78 Å². The molecule has 0 saturated carbocycles. The molecule has 12 heteroatoms. The van der Waals surface area contributed by atoms with Crippen molar-refractivity contribution in [2.75, 3.05) is 6.61 Å². The van der Waals surface area contributed by atoms with E-state index in [1.54, 1.807) is 0 Å². The van der Waals surface area contributed by atoms with Gasteiger partial charge in [0.05, 0.1) is 18.2 Å². The minimum Gasteiger partial charge on any atom is -0.403 e. The van der Waals surface area contributed by atoms with Crippen LogP contribution in [0.5, 0.6) is 5.75 Å². The van der Waals surface area contributed by atoms with Crippen molar-refractivity contribution in [1.29, 1.82) is 0 Å². The van der Waals surface area contributed by atoms with Gasteiger partial charge in [0.15, 0.2) is 11.6 Å². The number of halogens is 5. The van der Waals surface area contributed by atoms with Crippen molar-refractivity contribution >= 4 is 5.91 Å². The summed E-state index contributed by atoms with van der Waals surface area (Å²) in [7, 11) is 0. The Morgan fingerprint density at radius 2 is 1.91 bits per heavy atom. The number of nitrogens with one attached hydrogen (secondary N) is 1. The van der Waals surface area contributed by atoms with Crippen molar-refractivity contribution in [1.82, 2.24) is 14.9 Å². The topological polar surface area (TPSA) is 93.5 Å². The number of nitrogens with zero attached hydrogens (tertiary/aromatic N) is 2. The summed E-state index contributed by atoms with van der Waals surface area (Å²) >= 11 is 0. The highest BCUT2D eigenvalue weighted by atomic mass is 19.4. The van der Waals surface area contributed by atoms with Crippen LogP contribution in [0.3, 0.4) is 0 Å². The molecule has 0 fully saturated rings. The Kier molecular flexibility index (Phi) is 7.07. The summed E-state index contributed by atoms with van der Waals surface area (Å²) in [4.78, 5) is 28.5. The van der Waals surface area contributed by atoms with Crippen LogP contribution in [0.1, 0.15) is 27.7 Å². The van der Waals surface area contributed by atoms with Crippen molar-refractivity contribution in [2.24, 2.45) is 0 Å². The Balaban J connectivity index is 1.99. The third kappa shape index (κ3) is 5.92. The second-order valence-corrected chi connectivity index (χ2v) is 6.69. The van der Waals surface area contributed by atoms with E-state index in [0.29, 0.717) is 12.1 Å². The summed E-state index contributed by atoms with van der Waals surface area (Å²) in [5, 5.41) is 11.5. The number of hydrogen-bond donors (Lipinski definition) is 2. The molecule has 2 aromatic heterocycles. The molecule has 0 aliphatic heterocycles. The predicted molar refractivity (Wildman–Crippen MR) is 104 cm³/mol. The largest absolute Gasteiger partial charge is 0.573 e. The summed E-state index contributed by atoms with van der Waals surface area (Å²) in [6.45, 7) is -0.442. The first-order chi connectivity index (χ1) is 15.6. The maximum absolute atomic E-state index is 14.4. The molecule has 0 bridgehead atoms. The number of rotatable bonds is 7. The predicted octanol–water partition coefficient (Wildman–Crippen LogP) is 2.93. The van der Waals surface area contributed by atoms with Gasteiger partial charge in [-0.3, -0.25) is 14.6 Å². The van der Waals surface area contributed by atoms with E-state index in [1.807, 2.05) is 0 Å². The highest BCUT2D eigenvalue weighted by Crippen LogP contribution is 2.30. The number of aliphatic hydroxyl groups excluding tert-OH is 1. The van der Waals surface area contributed by atoms with Gasteiger partial charge < -0.3 is 19.7 Å². The zero-order chi connectivity index (χ0) is 24.2. The number of carbonyl (C=O) groups excluding carboxylic acids is 1. The van der Waals surface area contributed by atoms with Crippen LogP contribution in [0.2, 0.25) is 0 Å². The van der Waals surface area contributed by atoms with Crippen LogP contribution in [0.4, 0.5) is 22.0 Å². The number of aliphatic hydroxyl groups is 1. The van der Waals surface area contributed by atoms with Crippen molar-refractivity contribution in [2.45, 2.75) is 18.9 Å². The van der Waals surface area contributed by atoms with E-state index in [9.17, 15) is 31.5 Å².